The van der Waals surface area contributed by atoms with Crippen molar-refractivity contribution in [3.05, 3.63) is 70.7 Å². The molecule has 1 aliphatic rings. The Bertz CT molecular complexity index is 958. The van der Waals surface area contributed by atoms with Crippen molar-refractivity contribution >= 4 is 41.3 Å². The van der Waals surface area contributed by atoms with Crippen molar-refractivity contribution in [3.63, 3.8) is 0 Å². The van der Waals surface area contributed by atoms with Crippen LogP contribution >= 0.6 is 35.3 Å². The molecule has 0 amide bonds. The fourth-order valence-corrected chi connectivity index (χ4v) is 4.14. The van der Waals surface area contributed by atoms with Crippen molar-refractivity contribution in [3.8, 4) is 16.3 Å². The molecule has 3 aromatic rings. The number of ether oxygens (including phenoxy) is 1. The Morgan fingerprint density at radius 3 is 2.79 bits per heavy atom. The van der Waals surface area contributed by atoms with E-state index in [9.17, 15) is 0 Å². The van der Waals surface area contributed by atoms with Crippen molar-refractivity contribution in [2.75, 3.05) is 6.61 Å². The van der Waals surface area contributed by atoms with Crippen LogP contribution in [0.4, 0.5) is 0 Å². The lowest BCUT2D eigenvalue weighted by Gasteiger charge is -2.26. The first kappa shape index (κ1) is 20.6. The summed E-state index contributed by atoms with van der Waals surface area (Å²) in [5.41, 5.74) is 9.42. The van der Waals surface area contributed by atoms with E-state index in [0.717, 1.165) is 38.9 Å². The normalized spacial score (nSPS) is 15.9. The summed E-state index contributed by atoms with van der Waals surface area (Å²) in [4.78, 5) is 10.3. The number of rotatable bonds is 4. The Morgan fingerprint density at radius 2 is 1.96 bits per heavy atom. The van der Waals surface area contributed by atoms with Crippen LogP contribution in [0.1, 0.15) is 28.6 Å². The quantitative estimate of drug-likeness (QED) is 0.307. The molecule has 0 saturated heterocycles. The van der Waals surface area contributed by atoms with E-state index >= 15 is 0 Å². The van der Waals surface area contributed by atoms with Gasteiger partial charge in [0.25, 0.3) is 0 Å². The molecule has 1 aromatic heterocycles. The Hall–Kier alpha value is -2.13. The van der Waals surface area contributed by atoms with Gasteiger partial charge >= 0.3 is 0 Å². The van der Waals surface area contributed by atoms with Gasteiger partial charge in [0, 0.05) is 22.4 Å². The van der Waals surface area contributed by atoms with E-state index in [1.54, 1.807) is 11.3 Å². The molecule has 146 valence electrons. The molecule has 2 heterocycles. The van der Waals surface area contributed by atoms with Crippen molar-refractivity contribution in [1.82, 2.24) is 10.3 Å². The van der Waals surface area contributed by atoms with Crippen molar-refractivity contribution < 1.29 is 4.74 Å². The molecule has 0 aliphatic carbocycles. The lowest BCUT2D eigenvalue weighted by molar-refractivity contribution is 0.262. The third-order valence-electron chi connectivity index (χ3n) is 4.59. The molecular weight excluding hydrogens is 483 g/mol. The first-order chi connectivity index (χ1) is 13.2. The molecule has 2 aromatic carbocycles. The number of hydrogen-bond acceptors (Lipinski definition) is 4. The first-order valence-electron chi connectivity index (χ1n) is 9.00. The molecular formula is C21H23IN4OS. The van der Waals surface area contributed by atoms with Gasteiger partial charge in [0.1, 0.15) is 10.8 Å². The van der Waals surface area contributed by atoms with E-state index in [4.69, 9.17) is 10.5 Å². The van der Waals surface area contributed by atoms with Gasteiger partial charge in [0.15, 0.2) is 5.96 Å². The predicted molar refractivity (Wildman–Crippen MR) is 125 cm³/mol. The van der Waals surface area contributed by atoms with Crippen LogP contribution in [0.3, 0.4) is 0 Å². The summed E-state index contributed by atoms with van der Waals surface area (Å²) < 4.78 is 5.70. The van der Waals surface area contributed by atoms with Gasteiger partial charge in [-0.05, 0) is 13.0 Å². The van der Waals surface area contributed by atoms with E-state index in [0.29, 0.717) is 19.1 Å². The highest BCUT2D eigenvalue weighted by Gasteiger charge is 2.21. The topological polar surface area (TPSA) is 72.5 Å². The van der Waals surface area contributed by atoms with Crippen molar-refractivity contribution in [2.24, 2.45) is 10.7 Å². The third kappa shape index (κ3) is 4.64. The monoisotopic (exact) mass is 506 g/mol. The number of guanidine groups is 1. The molecule has 0 radical (unpaired) electrons. The summed E-state index contributed by atoms with van der Waals surface area (Å²) in [5, 5.41) is 4.35. The first-order valence-corrected chi connectivity index (χ1v) is 9.82. The molecule has 0 saturated carbocycles. The van der Waals surface area contributed by atoms with Crippen LogP contribution in [-0.2, 0) is 6.54 Å². The molecule has 1 atom stereocenters. The average Bonchev–Trinajstić information content (AvgIpc) is 3.08. The van der Waals surface area contributed by atoms with Crippen molar-refractivity contribution in [2.45, 2.75) is 25.9 Å². The zero-order chi connectivity index (χ0) is 18.6. The summed E-state index contributed by atoms with van der Waals surface area (Å²) in [6.07, 6.45) is 0.866. The lowest BCUT2D eigenvalue weighted by atomic mass is 10.0. The average molecular weight is 506 g/mol. The Balaban J connectivity index is 0.00000225. The van der Waals surface area contributed by atoms with E-state index in [2.05, 4.69) is 33.5 Å². The molecule has 0 bridgehead atoms. The minimum Gasteiger partial charge on any atom is -0.493 e. The Morgan fingerprint density at radius 1 is 1.21 bits per heavy atom. The number of aromatic nitrogens is 1. The molecule has 5 nitrogen and oxygen atoms in total. The predicted octanol–water partition coefficient (Wildman–Crippen LogP) is 4.66. The lowest BCUT2D eigenvalue weighted by Crippen LogP contribution is -2.37. The van der Waals surface area contributed by atoms with E-state index in [1.807, 2.05) is 43.3 Å². The highest BCUT2D eigenvalue weighted by Crippen LogP contribution is 2.31. The zero-order valence-electron chi connectivity index (χ0n) is 15.6. The summed E-state index contributed by atoms with van der Waals surface area (Å²) in [7, 11) is 0. The molecule has 1 unspecified atom stereocenters. The fourth-order valence-electron chi connectivity index (χ4n) is 3.15. The van der Waals surface area contributed by atoms with Crippen LogP contribution in [0.15, 0.2) is 59.6 Å². The highest BCUT2D eigenvalue weighted by molar-refractivity contribution is 14.0. The maximum Gasteiger partial charge on any atom is 0.189 e. The van der Waals surface area contributed by atoms with Gasteiger partial charge in [-0.15, -0.1) is 35.3 Å². The second-order valence-corrected chi connectivity index (χ2v) is 7.55. The van der Waals surface area contributed by atoms with Crippen LogP contribution in [0.2, 0.25) is 0 Å². The van der Waals surface area contributed by atoms with Gasteiger partial charge in [-0.25, -0.2) is 9.98 Å². The summed E-state index contributed by atoms with van der Waals surface area (Å²) in [5.74, 6) is 1.37. The number of aliphatic imine (C=N–C) groups is 1. The number of hydrogen-bond donors (Lipinski definition) is 2. The zero-order valence-corrected chi connectivity index (χ0v) is 18.7. The van der Waals surface area contributed by atoms with E-state index in [1.165, 1.54) is 0 Å². The molecule has 1 aliphatic heterocycles. The number of aryl methyl sites for hydroxylation is 1. The Labute approximate surface area is 186 Å². The van der Waals surface area contributed by atoms with Gasteiger partial charge in [-0.3, -0.25) is 0 Å². The molecule has 0 spiro atoms. The number of benzene rings is 2. The van der Waals surface area contributed by atoms with Crippen LogP contribution in [0, 0.1) is 6.92 Å². The molecule has 28 heavy (non-hydrogen) atoms. The molecule has 7 heteroatoms. The molecule has 3 N–H and O–H groups in total. The minimum absolute atomic E-state index is 0. The van der Waals surface area contributed by atoms with E-state index < -0.39 is 0 Å². The molecule has 0 fully saturated rings. The van der Waals surface area contributed by atoms with Crippen LogP contribution < -0.4 is 15.8 Å². The van der Waals surface area contributed by atoms with Gasteiger partial charge < -0.3 is 15.8 Å². The largest absolute Gasteiger partial charge is 0.493 e. The molecule has 4 rings (SSSR count). The maximum atomic E-state index is 6.16. The fraction of sp³-hybridized carbons (Fsp3) is 0.238. The number of halogens is 1. The number of nitrogens with two attached hydrogens (primary N) is 1. The maximum absolute atomic E-state index is 6.16. The van der Waals surface area contributed by atoms with Gasteiger partial charge in [-0.2, -0.15) is 0 Å². The number of thiazole rings is 1. The summed E-state index contributed by atoms with van der Waals surface area (Å²) >= 11 is 1.67. The SMILES string of the molecule is Cc1nc(-c2ccccc2)sc1CN=C(N)NC1CCOc2ccccc21.I. The van der Waals surface area contributed by atoms with Gasteiger partial charge in [0.05, 0.1) is 24.9 Å². The second kappa shape index (κ2) is 9.38. The van der Waals surface area contributed by atoms with Crippen LogP contribution in [-0.4, -0.2) is 17.6 Å². The summed E-state index contributed by atoms with van der Waals surface area (Å²) in [6.45, 7) is 3.22. The van der Waals surface area contributed by atoms with Gasteiger partial charge in [0.2, 0.25) is 0 Å². The second-order valence-electron chi connectivity index (χ2n) is 6.47. The number of nitrogens with one attached hydrogen (secondary N) is 1. The number of para-hydroxylation sites is 1. The smallest absolute Gasteiger partial charge is 0.189 e. The van der Waals surface area contributed by atoms with Gasteiger partial charge in [-0.1, -0.05) is 48.5 Å². The van der Waals surface area contributed by atoms with Crippen LogP contribution in [0.5, 0.6) is 5.75 Å². The number of fused-ring (bicyclic) bond motifs is 1. The summed E-state index contributed by atoms with van der Waals surface area (Å²) in [6, 6.07) is 18.4. The minimum atomic E-state index is 0. The van der Waals surface area contributed by atoms with Crippen LogP contribution in [0.25, 0.3) is 10.6 Å². The Kier molecular flexibility index (Phi) is 6.90. The van der Waals surface area contributed by atoms with E-state index in [-0.39, 0.29) is 30.0 Å². The third-order valence-corrected chi connectivity index (χ3v) is 5.78. The number of nitrogens with zero attached hydrogens (tertiary/aromatic N) is 2. The van der Waals surface area contributed by atoms with Crippen molar-refractivity contribution in [1.29, 1.82) is 0 Å². The highest BCUT2D eigenvalue weighted by atomic mass is 127. The standard InChI is InChI=1S/C21H22N4OS.HI/c1-14-19(27-20(24-14)15-7-3-2-4-8-15)13-23-21(22)25-17-11-12-26-18-10-6-5-9-16(17)18;/h2-10,17H,11-13H2,1H3,(H3,22,23,25);1H.